The Morgan fingerprint density at radius 2 is 0.899 bits per heavy atom. The standard InChI is InChI=1S/C55H64N4O11S.C52H60N4O11S/c1-10-19-65-49-32(3)50-52(69-30-68-50)46-38(49)24-42-47-45-33(22-31(2)48(63-9)51(45)67-29-64-21-20-62-8)23-41(58(47)7)43(25-56)59(42)44(46)26-66-53(60)40(57-54(61)70-55(4,5)6)28-71-27-39-36-17-13-11-15-34(36)35-16-12-14-18-37(35)39;1-28-19-30-20-38-40(22-53)56-39(44(55(38)6)42(30)48(46(28)61-8)64-26-62-18-17-60-7)21-35-43(49-47(65-27-66-49)29(2)45(35)57)41(56)23-63-50(58)37(54-51(59)67-52(3,4)5)25-68-24-36-33-15-11-9-13-31(33)32-14-10-12-16-34(32)36/h10-18,22,39-44,47H,1,19-21,23-24,26-30H2,2-9H3,(H,57,61);9-16,19,36-41,44,57H,17-18,20-21,23-27H2,1-8H3,(H,54,59)/t40-,41+,42?,43+,44+,47+;37-,38+,39?,40+,41+,44+/m11/s1. The minimum absolute atomic E-state index is 0.0200. The highest BCUT2D eigenvalue weighted by atomic mass is 32.2. The van der Waals surface area contributed by atoms with E-state index in [1.165, 1.54) is 44.5 Å². The maximum atomic E-state index is 14.8. The number of rotatable bonds is 33. The maximum absolute atomic E-state index is 14.8. The van der Waals surface area contributed by atoms with Gasteiger partial charge in [0.15, 0.2) is 59.6 Å². The molecule has 30 nitrogen and oxygen atoms in total. The number of benzene rings is 8. The largest absolute Gasteiger partial charge is 0.507 e. The Kier molecular flexibility index (Phi) is 29.9. The van der Waals surface area contributed by atoms with Crippen molar-refractivity contribution in [3.8, 4) is 91.9 Å². The summed E-state index contributed by atoms with van der Waals surface area (Å²) in [6, 6.07) is 36.0. The van der Waals surface area contributed by atoms with Crippen molar-refractivity contribution < 1.29 is 105 Å². The van der Waals surface area contributed by atoms with E-state index in [2.05, 4.69) is 141 Å². The molecule has 2 amide bonds. The second-order valence-corrected chi connectivity index (χ2v) is 40.7. The lowest BCUT2D eigenvalue weighted by Crippen LogP contribution is -2.68. The first kappa shape index (κ1) is 98.9. The molecule has 32 heteroatoms. The van der Waals surface area contributed by atoms with E-state index in [1.807, 2.05) is 52.1 Å². The second kappa shape index (κ2) is 42.0. The zero-order valence-corrected chi connectivity index (χ0v) is 83.3. The molecule has 139 heavy (non-hydrogen) atoms. The van der Waals surface area contributed by atoms with Gasteiger partial charge >= 0.3 is 24.1 Å². The van der Waals surface area contributed by atoms with Crippen LogP contribution in [0, 0.1) is 50.4 Å². The quantitative estimate of drug-likeness (QED) is 0.0113. The number of amides is 2. The minimum atomic E-state index is -1.09. The highest BCUT2D eigenvalue weighted by Crippen LogP contribution is 2.62. The van der Waals surface area contributed by atoms with Crippen molar-refractivity contribution in [1.82, 2.24) is 30.2 Å². The van der Waals surface area contributed by atoms with Gasteiger partial charge in [0.1, 0.15) is 66.7 Å². The van der Waals surface area contributed by atoms with Gasteiger partial charge in [0.05, 0.1) is 77.0 Å². The molecular weight excluding hydrogens is 1810 g/mol. The molecule has 4 bridgehead atoms. The number of fused-ring (bicyclic) bond motifs is 24. The number of aryl methyl sites for hydroxylation is 2. The van der Waals surface area contributed by atoms with Crippen LogP contribution in [0.5, 0.6) is 57.5 Å². The third-order valence-corrected chi connectivity index (χ3v) is 30.4. The second-order valence-electron chi connectivity index (χ2n) is 38.6. The number of hydrogen-bond acceptors (Lipinski definition) is 30. The van der Waals surface area contributed by atoms with Crippen LogP contribution in [0.2, 0.25) is 0 Å². The van der Waals surface area contributed by atoms with Crippen molar-refractivity contribution in [1.29, 1.82) is 10.5 Å². The molecular formula is C107H124N8O22S2. The van der Waals surface area contributed by atoms with Gasteiger partial charge in [0.2, 0.25) is 13.6 Å². The topological polar surface area (TPSA) is 330 Å². The van der Waals surface area contributed by atoms with Crippen LogP contribution in [0.3, 0.4) is 0 Å². The number of ether oxygens (including phenoxy) is 17. The summed E-state index contributed by atoms with van der Waals surface area (Å²) in [7, 11) is 10.6. The average molecular weight is 1940 g/mol. The van der Waals surface area contributed by atoms with Crippen LogP contribution >= 0.6 is 23.5 Å². The Bertz CT molecular complexity index is 5980. The molecule has 18 rings (SSSR count). The predicted octanol–water partition coefficient (Wildman–Crippen LogP) is 15.9. The molecule has 8 aromatic carbocycles. The number of phenols is 1. The molecule has 0 spiro atoms. The third-order valence-electron chi connectivity index (χ3n) is 28.1. The first-order valence-corrected chi connectivity index (χ1v) is 49.6. The van der Waals surface area contributed by atoms with Crippen molar-refractivity contribution >= 4 is 47.6 Å². The summed E-state index contributed by atoms with van der Waals surface area (Å²) in [6.45, 7) is 23.4. The Hall–Kier alpha value is -11.7. The lowest BCUT2D eigenvalue weighted by atomic mass is 9.71. The molecule has 8 aliphatic heterocycles. The van der Waals surface area contributed by atoms with E-state index in [0.29, 0.717) is 132 Å². The summed E-state index contributed by atoms with van der Waals surface area (Å²) in [5.41, 5.74) is 17.9. The van der Waals surface area contributed by atoms with Crippen molar-refractivity contribution in [3.05, 3.63) is 211 Å². The molecule has 2 fully saturated rings. The van der Waals surface area contributed by atoms with Gasteiger partial charge in [-0.25, -0.2) is 19.2 Å². The number of alkyl carbamates (subject to hydrolysis) is 2. The summed E-state index contributed by atoms with van der Waals surface area (Å²) in [5.74, 6) is 5.47. The molecule has 2 aliphatic carbocycles. The zero-order valence-electron chi connectivity index (χ0n) is 81.7. The van der Waals surface area contributed by atoms with Gasteiger partial charge in [-0.1, -0.05) is 122 Å². The van der Waals surface area contributed by atoms with Crippen LogP contribution in [0.15, 0.2) is 122 Å². The molecule has 0 aromatic heterocycles. The maximum Gasteiger partial charge on any atom is 0.408 e. The normalized spacial score (nSPS) is 21.3. The number of nitrogens with zero attached hydrogens (tertiary/aromatic N) is 6. The average Bonchev–Trinajstić information content (AvgIpc) is 1.38. The number of carbonyl (C=O) groups is 4. The molecule has 2 unspecified atom stereocenters. The van der Waals surface area contributed by atoms with Gasteiger partial charge in [-0.05, 0) is 176 Å². The van der Waals surface area contributed by atoms with E-state index >= 15 is 0 Å². The highest BCUT2D eigenvalue weighted by Gasteiger charge is 2.60. The Balaban J connectivity index is 0.000000192. The Morgan fingerprint density at radius 3 is 1.29 bits per heavy atom. The van der Waals surface area contributed by atoms with E-state index in [4.69, 9.17) is 80.5 Å². The molecule has 8 heterocycles. The minimum Gasteiger partial charge on any atom is -0.507 e. The molecule has 12 atom stereocenters. The van der Waals surface area contributed by atoms with E-state index in [0.717, 1.165) is 50.1 Å². The number of nitriles is 2. The van der Waals surface area contributed by atoms with Crippen molar-refractivity contribution in [3.63, 3.8) is 0 Å². The first-order chi connectivity index (χ1) is 67.0. The number of nitrogens with one attached hydrogen (secondary N) is 2. The number of aromatic hydroxyl groups is 1. The number of likely N-dealkylation sites (N-methyl/N-ethyl adjacent to an activating group) is 2. The number of esters is 2. The summed E-state index contributed by atoms with van der Waals surface area (Å²) < 4.78 is 103. The zero-order chi connectivity index (χ0) is 98.2. The van der Waals surface area contributed by atoms with Crippen LogP contribution in [0.4, 0.5) is 9.59 Å². The summed E-state index contributed by atoms with van der Waals surface area (Å²) in [6.07, 6.45) is 2.01. The van der Waals surface area contributed by atoms with Crippen molar-refractivity contribution in [2.24, 2.45) is 0 Å². The van der Waals surface area contributed by atoms with Gasteiger partial charge in [-0.3, -0.25) is 19.6 Å². The summed E-state index contributed by atoms with van der Waals surface area (Å²) in [4.78, 5) is 65.3. The van der Waals surface area contributed by atoms with Crippen LogP contribution in [0.25, 0.3) is 22.3 Å². The van der Waals surface area contributed by atoms with Gasteiger partial charge < -0.3 is 96.3 Å². The fourth-order valence-corrected chi connectivity index (χ4v) is 24.8. The van der Waals surface area contributed by atoms with Crippen LogP contribution in [0.1, 0.15) is 167 Å². The van der Waals surface area contributed by atoms with Crippen molar-refractivity contribution in [2.75, 3.05) is 139 Å². The fourth-order valence-electron chi connectivity index (χ4n) is 22.4. The van der Waals surface area contributed by atoms with Gasteiger partial charge in [0.25, 0.3) is 0 Å². The highest BCUT2D eigenvalue weighted by molar-refractivity contribution is 7.99. The molecule has 3 N–H and O–H groups in total. The number of thioether (sulfide) groups is 2. The molecule has 10 aliphatic rings. The number of phenolic OH excluding ortho intramolecular Hbond substituents is 1. The van der Waals surface area contributed by atoms with E-state index in [9.17, 15) is 34.8 Å². The Morgan fingerprint density at radius 1 is 0.511 bits per heavy atom. The molecule has 8 aromatic rings. The molecule has 2 saturated heterocycles. The van der Waals surface area contributed by atoms with Gasteiger partial charge in [-0.2, -0.15) is 34.0 Å². The van der Waals surface area contributed by atoms with E-state index in [-0.39, 0.29) is 100 Å². The number of carbonyl (C=O) groups excluding carboxylic acids is 4. The predicted molar refractivity (Wildman–Crippen MR) is 523 cm³/mol. The van der Waals surface area contributed by atoms with Crippen LogP contribution < -0.4 is 53.3 Å². The van der Waals surface area contributed by atoms with E-state index < -0.39 is 83.7 Å². The summed E-state index contributed by atoms with van der Waals surface area (Å²) >= 11 is 3.11. The molecule has 0 radical (unpaired) electrons. The SMILES string of the molecule is C=CCOc1c(C)c2c(c3c1CC1[C@H]4c5c(cc(C)c(OC)c5OCOCCOC)C[C@@H]([C@H](C#N)N1[C@H]3COC(=O)[C@@H](CSCC1c3ccccc3-c3ccccc31)NC(=O)OC(C)(C)C)N4C)OCO2.COCCOCOc1c(OC)c(C)cc2c1[C@@H]1C3Cc4c(O)c(C)c5c(c4[C@H](COC(=O)[C@@H](CSCC4c6ccccc6-c6ccccc64)NC(=O)OC(C)(C)C)N3[C@@H](C#N)[C@H](C2)N1C)OCO5. The molecule has 0 saturated carbocycles. The number of piperazine rings is 2. The summed E-state index contributed by atoms with van der Waals surface area (Å²) in [5, 5.41) is 40.4. The van der Waals surface area contributed by atoms with Crippen molar-refractivity contribution in [2.45, 2.75) is 190 Å². The van der Waals surface area contributed by atoms with Crippen LogP contribution in [-0.2, 0) is 73.2 Å². The number of hydrogen-bond donors (Lipinski definition) is 3. The Labute approximate surface area is 820 Å². The fraction of sp³-hybridized carbons (Fsp3) is 0.477. The van der Waals surface area contributed by atoms with Gasteiger partial charge in [-0.15, -0.1) is 0 Å². The van der Waals surface area contributed by atoms with Crippen LogP contribution in [-0.4, -0.2) is 247 Å². The lowest BCUT2D eigenvalue weighted by Gasteiger charge is -2.60. The monoisotopic (exact) mass is 1940 g/mol. The molecule has 736 valence electrons. The van der Waals surface area contributed by atoms with E-state index in [1.54, 1.807) is 107 Å². The lowest BCUT2D eigenvalue weighted by molar-refractivity contribution is -0.151. The third kappa shape index (κ3) is 19.3. The smallest absolute Gasteiger partial charge is 0.408 e. The first-order valence-electron chi connectivity index (χ1n) is 47.3. The number of methoxy groups -OCH3 is 4. The van der Waals surface area contributed by atoms with Gasteiger partial charge in [0, 0.05) is 118 Å².